The van der Waals surface area contributed by atoms with E-state index in [4.69, 9.17) is 4.74 Å². The number of sulfonamides is 1. The van der Waals surface area contributed by atoms with Crippen LogP contribution in [0.4, 0.5) is 11.4 Å². The molecule has 6 nitrogen and oxygen atoms in total. The van der Waals surface area contributed by atoms with Crippen LogP contribution in [0, 0.1) is 3.57 Å². The maximum absolute atomic E-state index is 13.3. The quantitative estimate of drug-likeness (QED) is 0.474. The Balaban J connectivity index is 1.97. The van der Waals surface area contributed by atoms with Gasteiger partial charge in [0.1, 0.15) is 12.3 Å². The van der Waals surface area contributed by atoms with Gasteiger partial charge >= 0.3 is 0 Å². The molecule has 29 heavy (non-hydrogen) atoms. The number of benzene rings is 3. The Kier molecular flexibility index (Phi) is 6.75. The first-order valence-corrected chi connectivity index (χ1v) is 11.2. The van der Waals surface area contributed by atoms with Crippen molar-refractivity contribution in [3.63, 3.8) is 0 Å². The normalized spacial score (nSPS) is 11.0. The standard InChI is InChI=1S/C21H19IN2O4S/c1-28-20-10-6-5-9-19(20)24(29(26,27)18-7-3-2-4-8-18)15-21(25)23-17-13-11-16(22)12-14-17/h2-14H,15H2,1H3,(H,23,25). The molecule has 150 valence electrons. The van der Waals surface area contributed by atoms with E-state index >= 15 is 0 Å². The number of methoxy groups -OCH3 is 1. The summed E-state index contributed by atoms with van der Waals surface area (Å²) < 4.78 is 34.1. The zero-order valence-corrected chi connectivity index (χ0v) is 18.6. The summed E-state index contributed by atoms with van der Waals surface area (Å²) in [5.74, 6) is -0.106. The lowest BCUT2D eigenvalue weighted by atomic mass is 10.3. The average molecular weight is 522 g/mol. The van der Waals surface area contributed by atoms with Gasteiger partial charge in [0.2, 0.25) is 5.91 Å². The fraction of sp³-hybridized carbons (Fsp3) is 0.0952. The minimum absolute atomic E-state index is 0.0907. The summed E-state index contributed by atoms with van der Waals surface area (Å²) in [6, 6.07) is 21.9. The van der Waals surface area contributed by atoms with Crippen molar-refractivity contribution in [3.05, 3.63) is 82.4 Å². The topological polar surface area (TPSA) is 75.7 Å². The number of hydrogen-bond acceptors (Lipinski definition) is 4. The van der Waals surface area contributed by atoms with Gasteiger partial charge in [0, 0.05) is 9.26 Å². The molecule has 0 spiro atoms. The molecule has 0 heterocycles. The second-order valence-corrected chi connectivity index (χ2v) is 9.16. The molecule has 0 radical (unpaired) electrons. The van der Waals surface area contributed by atoms with Crippen molar-refractivity contribution in [1.29, 1.82) is 0 Å². The molecular formula is C21H19IN2O4S. The highest BCUT2D eigenvalue weighted by Crippen LogP contribution is 2.32. The number of amides is 1. The minimum Gasteiger partial charge on any atom is -0.495 e. The van der Waals surface area contributed by atoms with Gasteiger partial charge in [-0.2, -0.15) is 0 Å². The average Bonchev–Trinajstić information content (AvgIpc) is 2.74. The molecule has 3 aromatic rings. The van der Waals surface area contributed by atoms with Crippen LogP contribution >= 0.6 is 22.6 Å². The first kappa shape index (κ1) is 21.1. The van der Waals surface area contributed by atoms with Crippen LogP contribution in [-0.2, 0) is 14.8 Å². The smallest absolute Gasteiger partial charge is 0.264 e. The number of hydrogen-bond donors (Lipinski definition) is 1. The lowest BCUT2D eigenvalue weighted by Crippen LogP contribution is -2.38. The number of nitrogens with one attached hydrogen (secondary N) is 1. The van der Waals surface area contributed by atoms with E-state index in [1.807, 2.05) is 12.1 Å². The van der Waals surface area contributed by atoms with Crippen LogP contribution in [0.25, 0.3) is 0 Å². The van der Waals surface area contributed by atoms with Gasteiger partial charge in [-0.25, -0.2) is 8.42 Å². The Labute approximate surface area is 183 Å². The maximum atomic E-state index is 13.3. The summed E-state index contributed by atoms with van der Waals surface area (Å²) in [7, 11) is -2.53. The molecule has 0 aliphatic rings. The molecule has 1 N–H and O–H groups in total. The molecule has 3 aromatic carbocycles. The Bertz CT molecular complexity index is 1090. The van der Waals surface area contributed by atoms with Gasteiger partial charge < -0.3 is 10.1 Å². The number of carbonyl (C=O) groups excluding carboxylic acids is 1. The molecule has 0 aliphatic carbocycles. The number of halogens is 1. The highest BCUT2D eigenvalue weighted by atomic mass is 127. The van der Waals surface area contributed by atoms with Gasteiger partial charge in [-0.05, 0) is 71.1 Å². The SMILES string of the molecule is COc1ccccc1N(CC(=O)Nc1ccc(I)cc1)S(=O)(=O)c1ccccc1. The van der Waals surface area contributed by atoms with E-state index in [0.717, 1.165) is 7.88 Å². The first-order chi connectivity index (χ1) is 13.9. The van der Waals surface area contributed by atoms with Crippen LogP contribution in [0.15, 0.2) is 83.8 Å². The van der Waals surface area contributed by atoms with E-state index in [0.29, 0.717) is 11.4 Å². The third kappa shape index (κ3) is 5.07. The largest absolute Gasteiger partial charge is 0.495 e. The van der Waals surface area contributed by atoms with Crippen molar-refractivity contribution in [3.8, 4) is 5.75 Å². The van der Waals surface area contributed by atoms with Crippen LogP contribution in [-0.4, -0.2) is 28.0 Å². The molecule has 3 rings (SSSR count). The lowest BCUT2D eigenvalue weighted by Gasteiger charge is -2.25. The van der Waals surface area contributed by atoms with E-state index in [-0.39, 0.29) is 10.6 Å². The van der Waals surface area contributed by atoms with Crippen LogP contribution in [0.2, 0.25) is 0 Å². The molecule has 0 saturated carbocycles. The molecule has 0 bridgehead atoms. The third-order valence-corrected chi connectivity index (χ3v) is 6.59. The van der Waals surface area contributed by atoms with Gasteiger partial charge in [-0.1, -0.05) is 30.3 Å². The van der Waals surface area contributed by atoms with Gasteiger partial charge in [0.15, 0.2) is 0 Å². The highest BCUT2D eigenvalue weighted by molar-refractivity contribution is 14.1. The van der Waals surface area contributed by atoms with Crippen molar-refractivity contribution in [2.45, 2.75) is 4.90 Å². The molecule has 0 atom stereocenters. The van der Waals surface area contributed by atoms with Gasteiger partial charge in [-0.15, -0.1) is 0 Å². The Morgan fingerprint density at radius 2 is 1.59 bits per heavy atom. The van der Waals surface area contributed by atoms with Gasteiger partial charge in [-0.3, -0.25) is 9.10 Å². The monoisotopic (exact) mass is 522 g/mol. The zero-order valence-electron chi connectivity index (χ0n) is 15.6. The first-order valence-electron chi connectivity index (χ1n) is 8.68. The fourth-order valence-corrected chi connectivity index (χ4v) is 4.53. The molecule has 8 heteroatoms. The van der Waals surface area contributed by atoms with Crippen molar-refractivity contribution < 1.29 is 17.9 Å². The summed E-state index contributed by atoms with van der Waals surface area (Å²) in [4.78, 5) is 12.8. The number of anilines is 2. The number of para-hydroxylation sites is 2. The maximum Gasteiger partial charge on any atom is 0.264 e. The molecule has 1 amide bonds. The van der Waals surface area contributed by atoms with E-state index in [9.17, 15) is 13.2 Å². The van der Waals surface area contributed by atoms with Crippen molar-refractivity contribution in [2.24, 2.45) is 0 Å². The molecule has 0 fully saturated rings. The summed E-state index contributed by atoms with van der Waals surface area (Å²) in [5, 5.41) is 2.74. The van der Waals surface area contributed by atoms with Crippen molar-refractivity contribution in [1.82, 2.24) is 0 Å². The molecule has 0 aliphatic heterocycles. The number of nitrogens with zero attached hydrogens (tertiary/aromatic N) is 1. The molecular weight excluding hydrogens is 503 g/mol. The van der Waals surface area contributed by atoms with E-state index in [1.165, 1.54) is 19.2 Å². The summed E-state index contributed by atoms with van der Waals surface area (Å²) in [5.41, 5.74) is 0.879. The fourth-order valence-electron chi connectivity index (χ4n) is 2.72. The van der Waals surface area contributed by atoms with Crippen molar-refractivity contribution in [2.75, 3.05) is 23.3 Å². The Morgan fingerprint density at radius 1 is 0.966 bits per heavy atom. The van der Waals surface area contributed by atoms with Gasteiger partial charge in [0.05, 0.1) is 17.7 Å². The van der Waals surface area contributed by atoms with Crippen LogP contribution in [0.3, 0.4) is 0 Å². The second kappa shape index (κ2) is 9.27. The molecule has 0 saturated heterocycles. The predicted octanol–water partition coefficient (Wildman–Crippen LogP) is 4.13. The summed E-state index contributed by atoms with van der Waals surface area (Å²) >= 11 is 2.17. The third-order valence-electron chi connectivity index (χ3n) is 4.10. The molecule has 0 unspecified atom stereocenters. The summed E-state index contributed by atoms with van der Waals surface area (Å²) in [6.45, 7) is -0.399. The summed E-state index contributed by atoms with van der Waals surface area (Å²) in [6.07, 6.45) is 0. The van der Waals surface area contributed by atoms with Crippen LogP contribution in [0.5, 0.6) is 5.75 Å². The van der Waals surface area contributed by atoms with E-state index in [1.54, 1.807) is 54.6 Å². The second-order valence-electron chi connectivity index (χ2n) is 6.05. The molecule has 0 aromatic heterocycles. The Morgan fingerprint density at radius 3 is 2.24 bits per heavy atom. The van der Waals surface area contributed by atoms with E-state index < -0.39 is 22.5 Å². The predicted molar refractivity (Wildman–Crippen MR) is 122 cm³/mol. The number of rotatable bonds is 7. The lowest BCUT2D eigenvalue weighted by molar-refractivity contribution is -0.114. The van der Waals surface area contributed by atoms with Gasteiger partial charge in [0.25, 0.3) is 10.0 Å². The zero-order chi connectivity index (χ0) is 20.9. The van der Waals surface area contributed by atoms with Crippen molar-refractivity contribution >= 4 is 49.9 Å². The van der Waals surface area contributed by atoms with Crippen LogP contribution < -0.4 is 14.4 Å². The van der Waals surface area contributed by atoms with Crippen LogP contribution in [0.1, 0.15) is 0 Å². The number of ether oxygens (including phenoxy) is 1. The minimum atomic E-state index is -3.99. The Hall–Kier alpha value is -2.59. The number of carbonyl (C=O) groups is 1. The van der Waals surface area contributed by atoms with E-state index in [2.05, 4.69) is 27.9 Å². The highest BCUT2D eigenvalue weighted by Gasteiger charge is 2.29.